The number of rotatable bonds is 5. The van der Waals surface area contributed by atoms with Crippen LogP contribution in [0.25, 0.3) is 0 Å². The third kappa shape index (κ3) is 4.42. The molecule has 3 unspecified atom stereocenters. The van der Waals surface area contributed by atoms with E-state index in [1.54, 1.807) is 12.1 Å². The molecule has 0 amide bonds. The summed E-state index contributed by atoms with van der Waals surface area (Å²) in [6.45, 7) is 10.8. The van der Waals surface area contributed by atoms with E-state index in [1.165, 1.54) is 12.8 Å². The SMILES string of the molecule is CCC(C)C1CN(CCn2ccccc2=O)C(C)CCN1. The van der Waals surface area contributed by atoms with Crippen LogP contribution in [0.3, 0.4) is 0 Å². The predicted octanol–water partition coefficient (Wildman–Crippen LogP) is 1.95. The van der Waals surface area contributed by atoms with Crippen LogP contribution in [0.2, 0.25) is 0 Å². The van der Waals surface area contributed by atoms with Gasteiger partial charge in [-0.15, -0.1) is 0 Å². The number of nitrogens with zero attached hydrogens (tertiary/aromatic N) is 2. The average Bonchev–Trinajstić information content (AvgIpc) is 2.67. The molecule has 2 heterocycles. The van der Waals surface area contributed by atoms with Crippen molar-refractivity contribution in [2.45, 2.75) is 52.2 Å². The van der Waals surface area contributed by atoms with Crippen molar-refractivity contribution in [1.82, 2.24) is 14.8 Å². The van der Waals surface area contributed by atoms with E-state index in [0.717, 1.165) is 26.2 Å². The lowest BCUT2D eigenvalue weighted by atomic mass is 9.99. The highest BCUT2D eigenvalue weighted by atomic mass is 16.1. The summed E-state index contributed by atoms with van der Waals surface area (Å²) in [5.41, 5.74) is 0.0941. The lowest BCUT2D eigenvalue weighted by Crippen LogP contribution is -2.44. The number of aromatic nitrogens is 1. The Bertz CT molecular complexity index is 485. The lowest BCUT2D eigenvalue weighted by molar-refractivity contribution is 0.181. The maximum absolute atomic E-state index is 11.8. The molecule has 0 spiro atoms. The van der Waals surface area contributed by atoms with E-state index < -0.39 is 0 Å². The van der Waals surface area contributed by atoms with Gasteiger partial charge in [0.2, 0.25) is 0 Å². The van der Waals surface area contributed by atoms with Crippen LogP contribution < -0.4 is 10.9 Å². The first-order valence-electron chi connectivity index (χ1n) is 8.24. The smallest absolute Gasteiger partial charge is 0.250 e. The quantitative estimate of drug-likeness (QED) is 0.901. The first-order valence-corrected chi connectivity index (χ1v) is 8.24. The molecule has 3 atom stereocenters. The minimum Gasteiger partial charge on any atom is -0.314 e. The van der Waals surface area contributed by atoms with E-state index >= 15 is 0 Å². The Morgan fingerprint density at radius 1 is 1.38 bits per heavy atom. The van der Waals surface area contributed by atoms with Gasteiger partial charge >= 0.3 is 0 Å². The third-order valence-electron chi connectivity index (χ3n) is 4.88. The molecular formula is C17H29N3O. The minimum atomic E-state index is 0.0941. The average molecular weight is 291 g/mol. The first kappa shape index (κ1) is 16.2. The Balaban J connectivity index is 1.99. The van der Waals surface area contributed by atoms with Gasteiger partial charge in [0, 0.05) is 44.0 Å². The van der Waals surface area contributed by atoms with Crippen molar-refractivity contribution in [3.05, 3.63) is 34.7 Å². The van der Waals surface area contributed by atoms with Crippen LogP contribution in [0.5, 0.6) is 0 Å². The summed E-state index contributed by atoms with van der Waals surface area (Å²) >= 11 is 0. The molecular weight excluding hydrogens is 262 g/mol. The zero-order valence-corrected chi connectivity index (χ0v) is 13.6. The summed E-state index contributed by atoms with van der Waals surface area (Å²) in [5, 5.41) is 3.69. The highest BCUT2D eigenvalue weighted by Crippen LogP contribution is 2.15. The summed E-state index contributed by atoms with van der Waals surface area (Å²) < 4.78 is 1.81. The fourth-order valence-electron chi connectivity index (χ4n) is 3.02. The maximum atomic E-state index is 11.8. The highest BCUT2D eigenvalue weighted by Gasteiger charge is 2.25. The second kappa shape index (κ2) is 7.76. The molecule has 1 aromatic rings. The molecule has 21 heavy (non-hydrogen) atoms. The van der Waals surface area contributed by atoms with Crippen molar-refractivity contribution in [1.29, 1.82) is 0 Å². The first-order chi connectivity index (χ1) is 10.1. The molecule has 1 N–H and O–H groups in total. The molecule has 118 valence electrons. The Labute approximate surface area is 128 Å². The number of pyridine rings is 1. The summed E-state index contributed by atoms with van der Waals surface area (Å²) in [6.07, 6.45) is 4.27. The Kier molecular flexibility index (Phi) is 6.00. The van der Waals surface area contributed by atoms with E-state index in [0.29, 0.717) is 18.0 Å². The number of nitrogens with one attached hydrogen (secondary N) is 1. The molecule has 0 bridgehead atoms. The zero-order valence-electron chi connectivity index (χ0n) is 13.6. The largest absolute Gasteiger partial charge is 0.314 e. The van der Waals surface area contributed by atoms with Gasteiger partial charge in [0.25, 0.3) is 5.56 Å². The van der Waals surface area contributed by atoms with Gasteiger partial charge in [0.15, 0.2) is 0 Å². The highest BCUT2D eigenvalue weighted by molar-refractivity contribution is 4.93. The fourth-order valence-corrected chi connectivity index (χ4v) is 3.02. The monoisotopic (exact) mass is 291 g/mol. The van der Waals surface area contributed by atoms with E-state index in [4.69, 9.17) is 0 Å². The second-order valence-corrected chi connectivity index (χ2v) is 6.31. The molecule has 1 aliphatic heterocycles. The lowest BCUT2D eigenvalue weighted by Gasteiger charge is -2.31. The molecule has 1 fully saturated rings. The summed E-state index contributed by atoms with van der Waals surface area (Å²) in [7, 11) is 0. The van der Waals surface area contributed by atoms with Crippen molar-refractivity contribution < 1.29 is 0 Å². The normalized spacial score (nSPS) is 25.5. The second-order valence-electron chi connectivity index (χ2n) is 6.31. The van der Waals surface area contributed by atoms with Crippen LogP contribution in [-0.2, 0) is 6.54 Å². The van der Waals surface area contributed by atoms with Crippen molar-refractivity contribution >= 4 is 0 Å². The molecule has 1 aromatic heterocycles. The predicted molar refractivity (Wildman–Crippen MR) is 87.6 cm³/mol. The van der Waals surface area contributed by atoms with Crippen molar-refractivity contribution in [2.75, 3.05) is 19.6 Å². The molecule has 1 aliphatic rings. The Hall–Kier alpha value is -1.13. The number of hydrogen-bond acceptors (Lipinski definition) is 3. The van der Waals surface area contributed by atoms with Gasteiger partial charge in [-0.25, -0.2) is 0 Å². The Morgan fingerprint density at radius 3 is 2.90 bits per heavy atom. The molecule has 1 saturated heterocycles. The fraction of sp³-hybridized carbons (Fsp3) is 0.706. The zero-order chi connectivity index (χ0) is 15.2. The van der Waals surface area contributed by atoms with Crippen LogP contribution in [0.15, 0.2) is 29.2 Å². The summed E-state index contributed by atoms with van der Waals surface area (Å²) in [6, 6.07) is 6.50. The van der Waals surface area contributed by atoms with E-state index in [9.17, 15) is 4.79 Å². The van der Waals surface area contributed by atoms with Crippen LogP contribution in [0.4, 0.5) is 0 Å². The van der Waals surface area contributed by atoms with Crippen LogP contribution in [-0.4, -0.2) is 41.2 Å². The Morgan fingerprint density at radius 2 is 2.19 bits per heavy atom. The van der Waals surface area contributed by atoms with Crippen LogP contribution in [0.1, 0.15) is 33.6 Å². The molecule has 4 nitrogen and oxygen atoms in total. The molecule has 2 rings (SSSR count). The molecule has 0 aromatic carbocycles. The topological polar surface area (TPSA) is 37.3 Å². The van der Waals surface area contributed by atoms with Gasteiger partial charge < -0.3 is 9.88 Å². The van der Waals surface area contributed by atoms with Crippen LogP contribution in [0, 0.1) is 5.92 Å². The summed E-state index contributed by atoms with van der Waals surface area (Å²) in [4.78, 5) is 14.3. The molecule has 0 radical (unpaired) electrons. The third-order valence-corrected chi connectivity index (χ3v) is 4.88. The van der Waals surface area contributed by atoms with E-state index in [1.807, 2.05) is 16.8 Å². The maximum Gasteiger partial charge on any atom is 0.250 e. The van der Waals surface area contributed by atoms with Crippen molar-refractivity contribution in [3.8, 4) is 0 Å². The van der Waals surface area contributed by atoms with Gasteiger partial charge in [-0.1, -0.05) is 26.3 Å². The van der Waals surface area contributed by atoms with E-state index in [-0.39, 0.29) is 5.56 Å². The van der Waals surface area contributed by atoms with Crippen LogP contribution >= 0.6 is 0 Å². The van der Waals surface area contributed by atoms with E-state index in [2.05, 4.69) is 31.0 Å². The summed E-state index contributed by atoms with van der Waals surface area (Å²) in [5.74, 6) is 0.692. The molecule has 0 aliphatic carbocycles. The molecule has 4 heteroatoms. The minimum absolute atomic E-state index is 0.0941. The molecule has 0 saturated carbocycles. The van der Waals surface area contributed by atoms with Gasteiger partial charge in [0.1, 0.15) is 0 Å². The van der Waals surface area contributed by atoms with Gasteiger partial charge in [0.05, 0.1) is 0 Å². The van der Waals surface area contributed by atoms with Gasteiger partial charge in [-0.3, -0.25) is 9.69 Å². The number of hydrogen-bond donors (Lipinski definition) is 1. The van der Waals surface area contributed by atoms with Gasteiger partial charge in [-0.2, -0.15) is 0 Å². The van der Waals surface area contributed by atoms with Crippen molar-refractivity contribution in [3.63, 3.8) is 0 Å². The van der Waals surface area contributed by atoms with Crippen molar-refractivity contribution in [2.24, 2.45) is 5.92 Å². The standard InChI is InChI=1S/C17H29N3O/c1-4-14(2)16-13-20(15(3)8-9-18-16)12-11-19-10-6-5-7-17(19)21/h5-7,10,14-16,18H,4,8-9,11-13H2,1-3H3. The van der Waals surface area contributed by atoms with Gasteiger partial charge in [-0.05, 0) is 31.9 Å².